The summed E-state index contributed by atoms with van der Waals surface area (Å²) in [6.07, 6.45) is 6.19. The number of hydrogen-bond donors (Lipinski definition) is 0. The van der Waals surface area contributed by atoms with Crippen LogP contribution in [-0.4, -0.2) is 40.8 Å². The molecule has 0 saturated heterocycles. The third-order valence-electron chi connectivity index (χ3n) is 7.04. The predicted octanol–water partition coefficient (Wildman–Crippen LogP) is 5.33. The van der Waals surface area contributed by atoms with Crippen LogP contribution >= 0.6 is 11.6 Å². The minimum absolute atomic E-state index is 0.0240. The molecule has 0 spiro atoms. The maximum Gasteiger partial charge on any atom is 0.341 e. The van der Waals surface area contributed by atoms with E-state index in [4.69, 9.17) is 21.1 Å². The first-order valence-electron chi connectivity index (χ1n) is 12.1. The molecule has 1 aromatic rings. The van der Waals surface area contributed by atoms with Crippen molar-refractivity contribution in [3.05, 3.63) is 22.0 Å². The van der Waals surface area contributed by atoms with E-state index >= 15 is 0 Å². The summed E-state index contributed by atoms with van der Waals surface area (Å²) in [5, 5.41) is 0.0240. The number of aromatic nitrogens is 1. The topological polar surface area (TPSA) is 91.7 Å². The zero-order valence-corrected chi connectivity index (χ0v) is 21.7. The summed E-state index contributed by atoms with van der Waals surface area (Å²) >= 11 is 6.42. The Hall–Kier alpha value is -2.15. The fourth-order valence-corrected chi connectivity index (χ4v) is 5.61. The second kappa shape index (κ2) is 10.2. The van der Waals surface area contributed by atoms with E-state index in [1.807, 2.05) is 27.7 Å². The van der Waals surface area contributed by atoms with Crippen LogP contribution in [0.25, 0.3) is 0 Å². The van der Waals surface area contributed by atoms with Crippen molar-refractivity contribution in [3.63, 3.8) is 0 Å². The lowest BCUT2D eigenvalue weighted by molar-refractivity contribution is -0.155. The number of carbonyl (C=O) groups is 4. The van der Waals surface area contributed by atoms with Crippen molar-refractivity contribution >= 4 is 35.1 Å². The molecule has 0 amide bonds. The van der Waals surface area contributed by atoms with E-state index in [-0.39, 0.29) is 34.1 Å². The molecule has 7 nitrogen and oxygen atoms in total. The summed E-state index contributed by atoms with van der Waals surface area (Å²) < 4.78 is 11.9. The normalized spacial score (nSPS) is 22.2. The summed E-state index contributed by atoms with van der Waals surface area (Å²) in [5.41, 5.74) is 0.247. The molecule has 1 saturated carbocycles. The Balaban J connectivity index is 1.60. The van der Waals surface area contributed by atoms with E-state index in [1.165, 1.54) is 7.11 Å². The van der Waals surface area contributed by atoms with Crippen LogP contribution in [0.4, 0.5) is 0 Å². The van der Waals surface area contributed by atoms with Crippen molar-refractivity contribution < 1.29 is 28.7 Å². The van der Waals surface area contributed by atoms with Gasteiger partial charge in [0.2, 0.25) is 11.6 Å². The van der Waals surface area contributed by atoms with Gasteiger partial charge in [-0.1, -0.05) is 18.5 Å². The number of ether oxygens (including phenoxy) is 2. The molecular weight excluding hydrogens is 458 g/mol. The first kappa shape index (κ1) is 26.5. The minimum Gasteiger partial charge on any atom is -0.465 e. The van der Waals surface area contributed by atoms with E-state index in [0.29, 0.717) is 31.0 Å². The number of esters is 2. The fraction of sp³-hybridized carbons (Fsp3) is 0.692. The molecule has 8 heteroatoms. The van der Waals surface area contributed by atoms with Gasteiger partial charge in [-0.25, -0.2) is 4.79 Å². The molecule has 2 heterocycles. The van der Waals surface area contributed by atoms with Gasteiger partial charge in [-0.2, -0.15) is 0 Å². The van der Waals surface area contributed by atoms with Crippen molar-refractivity contribution in [2.45, 2.75) is 97.6 Å². The summed E-state index contributed by atoms with van der Waals surface area (Å²) in [4.78, 5) is 50.4. The number of nitrogens with zero attached hydrogens (tertiary/aromatic N) is 1. The highest BCUT2D eigenvalue weighted by Gasteiger charge is 2.38. The number of carbonyl (C=O) groups excluding carboxylic acids is 4. The standard InChI is InChI=1S/C26H36ClNO6/c1-25(2,3)34-19(30)9-8-16-10-12-26(4,13-11-16)15-18(29)23(31)22-21(27)20(24(32)33-5)17-7-6-14-28(17)22/h16H,6-15H2,1-5H3. The SMILES string of the molecule is COC(=O)c1c(Cl)c(C(=O)C(=O)CC2(C)CCC(CCC(=O)OC(C)(C)C)CC2)n2c1CCC2. The highest BCUT2D eigenvalue weighted by atomic mass is 35.5. The molecule has 2 aliphatic rings. The Morgan fingerprint density at radius 1 is 1.15 bits per heavy atom. The van der Waals surface area contributed by atoms with Crippen LogP contribution in [0.5, 0.6) is 0 Å². The molecule has 188 valence electrons. The third-order valence-corrected chi connectivity index (χ3v) is 7.41. The van der Waals surface area contributed by atoms with Crippen molar-refractivity contribution in [1.29, 1.82) is 0 Å². The van der Waals surface area contributed by atoms with Crippen molar-refractivity contribution in [2.24, 2.45) is 11.3 Å². The quantitative estimate of drug-likeness (QED) is 0.276. The van der Waals surface area contributed by atoms with E-state index in [0.717, 1.165) is 38.5 Å². The van der Waals surface area contributed by atoms with Crippen LogP contribution in [0.2, 0.25) is 5.02 Å². The summed E-state index contributed by atoms with van der Waals surface area (Å²) in [6.45, 7) is 8.19. The van der Waals surface area contributed by atoms with Gasteiger partial charge in [-0.3, -0.25) is 14.4 Å². The van der Waals surface area contributed by atoms with E-state index in [2.05, 4.69) is 0 Å². The van der Waals surface area contributed by atoms with Gasteiger partial charge >= 0.3 is 11.9 Å². The predicted molar refractivity (Wildman–Crippen MR) is 128 cm³/mol. The molecule has 0 N–H and O–H groups in total. The number of Topliss-reactive ketones (excluding diaryl/α,β-unsaturated/α-hetero) is 2. The first-order valence-corrected chi connectivity index (χ1v) is 12.5. The number of hydrogen-bond acceptors (Lipinski definition) is 6. The van der Waals surface area contributed by atoms with Gasteiger partial charge in [-0.05, 0) is 77.0 Å². The van der Waals surface area contributed by atoms with Crippen LogP contribution in [-0.2, 0) is 32.0 Å². The molecule has 1 fully saturated rings. The van der Waals surface area contributed by atoms with Gasteiger partial charge in [0.1, 0.15) is 11.3 Å². The second-order valence-corrected chi connectivity index (χ2v) is 11.4. The van der Waals surface area contributed by atoms with Gasteiger partial charge in [0.25, 0.3) is 0 Å². The van der Waals surface area contributed by atoms with E-state index in [9.17, 15) is 19.2 Å². The van der Waals surface area contributed by atoms with Crippen molar-refractivity contribution in [1.82, 2.24) is 4.57 Å². The van der Waals surface area contributed by atoms with Crippen molar-refractivity contribution in [3.8, 4) is 0 Å². The van der Waals surface area contributed by atoms with Gasteiger partial charge in [0.15, 0.2) is 0 Å². The lowest BCUT2D eigenvalue weighted by atomic mass is 9.68. The minimum atomic E-state index is -0.628. The maximum absolute atomic E-state index is 13.2. The molecule has 3 rings (SSSR count). The molecule has 0 bridgehead atoms. The van der Waals surface area contributed by atoms with Gasteiger partial charge in [0.05, 0.1) is 17.7 Å². The molecular formula is C26H36ClNO6. The van der Waals surface area contributed by atoms with E-state index < -0.39 is 23.1 Å². The van der Waals surface area contributed by atoms with Crippen LogP contribution in [0.3, 0.4) is 0 Å². The summed E-state index contributed by atoms with van der Waals surface area (Å²) in [5.74, 6) is -1.45. The Labute approximate surface area is 206 Å². The summed E-state index contributed by atoms with van der Waals surface area (Å²) in [6, 6.07) is 0. The monoisotopic (exact) mass is 493 g/mol. The van der Waals surface area contributed by atoms with Gasteiger partial charge in [0, 0.05) is 25.1 Å². The molecule has 0 radical (unpaired) electrons. The number of ketones is 2. The Morgan fingerprint density at radius 2 is 1.79 bits per heavy atom. The largest absolute Gasteiger partial charge is 0.465 e. The zero-order valence-electron chi connectivity index (χ0n) is 20.9. The lowest BCUT2D eigenvalue weighted by Gasteiger charge is -2.37. The molecule has 0 aromatic carbocycles. The van der Waals surface area contributed by atoms with Crippen LogP contribution in [0.1, 0.15) is 106 Å². The van der Waals surface area contributed by atoms with Crippen LogP contribution < -0.4 is 0 Å². The lowest BCUT2D eigenvalue weighted by Crippen LogP contribution is -2.31. The molecule has 1 aromatic heterocycles. The molecule has 0 unspecified atom stereocenters. The highest BCUT2D eigenvalue weighted by Crippen LogP contribution is 2.43. The van der Waals surface area contributed by atoms with Crippen LogP contribution in [0, 0.1) is 11.3 Å². The number of fused-ring (bicyclic) bond motifs is 1. The molecule has 34 heavy (non-hydrogen) atoms. The highest BCUT2D eigenvalue weighted by molar-refractivity contribution is 6.48. The van der Waals surface area contributed by atoms with Gasteiger partial charge in [-0.15, -0.1) is 0 Å². The molecule has 1 aliphatic heterocycles. The summed E-state index contributed by atoms with van der Waals surface area (Å²) in [7, 11) is 1.27. The average Bonchev–Trinajstić information content (AvgIpc) is 3.30. The zero-order chi connectivity index (χ0) is 25.3. The fourth-order valence-electron chi connectivity index (χ4n) is 5.23. The number of halogens is 1. The van der Waals surface area contributed by atoms with E-state index in [1.54, 1.807) is 4.57 Å². The Morgan fingerprint density at radius 3 is 2.38 bits per heavy atom. The van der Waals surface area contributed by atoms with Crippen molar-refractivity contribution in [2.75, 3.05) is 7.11 Å². The smallest absolute Gasteiger partial charge is 0.341 e. The Kier molecular flexibility index (Phi) is 7.96. The van der Waals surface area contributed by atoms with Gasteiger partial charge < -0.3 is 14.0 Å². The van der Waals surface area contributed by atoms with Crippen LogP contribution in [0.15, 0.2) is 0 Å². The first-order chi connectivity index (χ1) is 15.8. The second-order valence-electron chi connectivity index (χ2n) is 11.0. The number of methoxy groups -OCH3 is 1. The maximum atomic E-state index is 13.2. The Bertz CT molecular complexity index is 978. The molecule has 1 aliphatic carbocycles. The average molecular weight is 494 g/mol. The third kappa shape index (κ3) is 5.91. The number of rotatable bonds is 8. The molecule has 0 atom stereocenters.